The molecule has 0 aliphatic carbocycles. The van der Waals surface area contributed by atoms with Gasteiger partial charge in [0.15, 0.2) is 0 Å². The molecule has 148 valence electrons. The normalized spacial score (nSPS) is 15.0. The molecule has 0 radical (unpaired) electrons. The van der Waals surface area contributed by atoms with Crippen LogP contribution in [0, 0.1) is 11.8 Å². The molecule has 0 saturated carbocycles. The lowest BCUT2D eigenvalue weighted by atomic mass is 9.84. The summed E-state index contributed by atoms with van der Waals surface area (Å²) in [6.07, 6.45) is 6.27. The molecule has 1 aromatic heterocycles. The lowest BCUT2D eigenvalue weighted by molar-refractivity contribution is -0.117. The summed E-state index contributed by atoms with van der Waals surface area (Å²) < 4.78 is 5.72. The summed E-state index contributed by atoms with van der Waals surface area (Å²) in [6, 6.07) is 11.0. The Hall–Kier alpha value is -1.82. The van der Waals surface area contributed by atoms with Crippen LogP contribution in [-0.2, 0) is 4.79 Å². The van der Waals surface area contributed by atoms with Crippen molar-refractivity contribution in [2.45, 2.75) is 26.2 Å². The van der Waals surface area contributed by atoms with Crippen molar-refractivity contribution in [3.05, 3.63) is 48.8 Å². The van der Waals surface area contributed by atoms with Crippen molar-refractivity contribution in [2.24, 2.45) is 11.8 Å². The highest BCUT2D eigenvalue weighted by molar-refractivity contribution is 5.90. The number of anilines is 1. The summed E-state index contributed by atoms with van der Waals surface area (Å²) in [5, 5.41) is 6.35. The van der Waals surface area contributed by atoms with Gasteiger partial charge >= 0.3 is 0 Å². The summed E-state index contributed by atoms with van der Waals surface area (Å²) in [5.74, 6) is 2.60. The Kier molecular flexibility index (Phi) is 10.1. The maximum Gasteiger partial charge on any atom is 0.224 e. The second-order valence-corrected chi connectivity index (χ2v) is 6.63. The van der Waals surface area contributed by atoms with Gasteiger partial charge < -0.3 is 15.4 Å². The van der Waals surface area contributed by atoms with Gasteiger partial charge in [-0.3, -0.25) is 9.78 Å². The molecule has 1 fully saturated rings. The van der Waals surface area contributed by atoms with E-state index in [4.69, 9.17) is 4.74 Å². The van der Waals surface area contributed by atoms with E-state index in [0.29, 0.717) is 18.3 Å². The Balaban J connectivity index is 0.00000182. The van der Waals surface area contributed by atoms with Crippen molar-refractivity contribution in [2.75, 3.05) is 18.4 Å². The molecule has 1 aromatic carbocycles. The molecule has 1 atom stereocenters. The van der Waals surface area contributed by atoms with Crippen LogP contribution in [0.4, 0.5) is 5.69 Å². The fourth-order valence-electron chi connectivity index (χ4n) is 3.23. The first-order valence-electron chi connectivity index (χ1n) is 8.89. The largest absolute Gasteiger partial charge is 0.457 e. The van der Waals surface area contributed by atoms with Crippen LogP contribution in [0.1, 0.15) is 26.2 Å². The lowest BCUT2D eigenvalue weighted by Crippen LogP contribution is -2.32. The summed E-state index contributed by atoms with van der Waals surface area (Å²) >= 11 is 0. The summed E-state index contributed by atoms with van der Waals surface area (Å²) in [6.45, 7) is 4.31. The highest BCUT2D eigenvalue weighted by atomic mass is 35.5. The van der Waals surface area contributed by atoms with E-state index in [1.807, 2.05) is 24.3 Å². The molecule has 1 aliphatic heterocycles. The van der Waals surface area contributed by atoms with Gasteiger partial charge in [0.05, 0.1) is 0 Å². The molecule has 27 heavy (non-hydrogen) atoms. The van der Waals surface area contributed by atoms with Gasteiger partial charge in [-0.05, 0) is 74.2 Å². The lowest BCUT2D eigenvalue weighted by Gasteiger charge is -2.27. The van der Waals surface area contributed by atoms with Crippen LogP contribution in [0.2, 0.25) is 0 Å². The fraction of sp³-hybridized carbons (Fsp3) is 0.400. The van der Waals surface area contributed by atoms with E-state index < -0.39 is 0 Å². The molecule has 7 heteroatoms. The van der Waals surface area contributed by atoms with E-state index in [9.17, 15) is 4.79 Å². The second-order valence-electron chi connectivity index (χ2n) is 6.63. The quantitative estimate of drug-likeness (QED) is 0.723. The summed E-state index contributed by atoms with van der Waals surface area (Å²) in [7, 11) is 0. The number of ether oxygens (including phenoxy) is 1. The number of hydrogen-bond acceptors (Lipinski definition) is 4. The van der Waals surface area contributed by atoms with E-state index in [1.54, 1.807) is 24.5 Å². The van der Waals surface area contributed by atoms with Crippen LogP contribution in [-0.4, -0.2) is 24.0 Å². The molecular weight excluding hydrogens is 385 g/mol. The van der Waals surface area contributed by atoms with E-state index >= 15 is 0 Å². The van der Waals surface area contributed by atoms with E-state index in [2.05, 4.69) is 22.5 Å². The number of carbonyl (C=O) groups excluding carboxylic acids is 1. The molecule has 0 spiro atoms. The Morgan fingerprint density at radius 2 is 1.70 bits per heavy atom. The third-order valence-electron chi connectivity index (χ3n) is 4.72. The Labute approximate surface area is 173 Å². The third kappa shape index (κ3) is 7.37. The van der Waals surface area contributed by atoms with Crippen molar-refractivity contribution < 1.29 is 9.53 Å². The molecule has 2 heterocycles. The van der Waals surface area contributed by atoms with E-state index in [0.717, 1.165) is 43.1 Å². The first-order valence-corrected chi connectivity index (χ1v) is 8.89. The van der Waals surface area contributed by atoms with Gasteiger partial charge in [0.25, 0.3) is 0 Å². The first kappa shape index (κ1) is 23.2. The SMILES string of the molecule is CC(CC(=O)Nc1ccc(Oc2ccncc2)cc1)C1CCNCC1.Cl.Cl. The number of carbonyl (C=O) groups is 1. The smallest absolute Gasteiger partial charge is 0.224 e. The van der Waals surface area contributed by atoms with Gasteiger partial charge in [-0.2, -0.15) is 0 Å². The molecular formula is C20H27Cl2N3O2. The number of piperidine rings is 1. The minimum Gasteiger partial charge on any atom is -0.457 e. The van der Waals surface area contributed by atoms with Crippen molar-refractivity contribution in [1.29, 1.82) is 0 Å². The number of nitrogens with one attached hydrogen (secondary N) is 2. The second kappa shape index (κ2) is 11.8. The Morgan fingerprint density at radius 3 is 2.33 bits per heavy atom. The number of benzene rings is 1. The Morgan fingerprint density at radius 1 is 1.11 bits per heavy atom. The Bertz CT molecular complexity index is 677. The number of aromatic nitrogens is 1. The number of amides is 1. The van der Waals surface area contributed by atoms with Gasteiger partial charge in [0, 0.05) is 24.5 Å². The maximum absolute atomic E-state index is 12.3. The maximum atomic E-state index is 12.3. The highest BCUT2D eigenvalue weighted by Crippen LogP contribution is 2.25. The van der Waals surface area contributed by atoms with Crippen LogP contribution in [0.25, 0.3) is 0 Å². The van der Waals surface area contributed by atoms with Crippen molar-refractivity contribution in [3.8, 4) is 11.5 Å². The van der Waals surface area contributed by atoms with Gasteiger partial charge in [0.2, 0.25) is 5.91 Å². The minimum atomic E-state index is 0. The molecule has 0 bridgehead atoms. The average molecular weight is 412 g/mol. The van der Waals surface area contributed by atoms with Crippen molar-refractivity contribution >= 4 is 36.4 Å². The molecule has 2 aromatic rings. The molecule has 1 saturated heterocycles. The van der Waals surface area contributed by atoms with E-state index in [-0.39, 0.29) is 30.7 Å². The van der Waals surface area contributed by atoms with Crippen LogP contribution >= 0.6 is 24.8 Å². The molecule has 1 amide bonds. The molecule has 2 N–H and O–H groups in total. The fourth-order valence-corrected chi connectivity index (χ4v) is 3.23. The van der Waals surface area contributed by atoms with Crippen molar-refractivity contribution in [1.82, 2.24) is 10.3 Å². The number of nitrogens with zero attached hydrogens (tertiary/aromatic N) is 1. The number of rotatable bonds is 6. The number of pyridine rings is 1. The predicted octanol–water partition coefficient (Wildman–Crippen LogP) is 4.68. The standard InChI is InChI=1S/C20H25N3O2.2ClH/c1-15(16-6-10-21-11-7-16)14-20(24)23-17-2-4-18(5-3-17)25-19-8-12-22-13-9-19;;/h2-5,8-9,12-13,15-16,21H,6-7,10-11,14H2,1H3,(H,23,24);2*1H. The summed E-state index contributed by atoms with van der Waals surface area (Å²) in [5.41, 5.74) is 0.796. The zero-order chi connectivity index (χ0) is 17.5. The van der Waals surface area contributed by atoms with E-state index in [1.165, 1.54) is 0 Å². The first-order chi connectivity index (χ1) is 12.2. The van der Waals surface area contributed by atoms with Crippen LogP contribution in [0.3, 0.4) is 0 Å². The zero-order valence-corrected chi connectivity index (χ0v) is 17.0. The molecule has 1 unspecified atom stereocenters. The van der Waals surface area contributed by atoms with Crippen LogP contribution in [0.15, 0.2) is 48.8 Å². The zero-order valence-electron chi connectivity index (χ0n) is 15.4. The van der Waals surface area contributed by atoms with Gasteiger partial charge in [-0.1, -0.05) is 6.92 Å². The topological polar surface area (TPSA) is 63.2 Å². The highest BCUT2D eigenvalue weighted by Gasteiger charge is 2.21. The monoisotopic (exact) mass is 411 g/mol. The number of halogens is 2. The third-order valence-corrected chi connectivity index (χ3v) is 4.72. The molecule has 1 aliphatic rings. The molecule has 5 nitrogen and oxygen atoms in total. The summed E-state index contributed by atoms with van der Waals surface area (Å²) in [4.78, 5) is 16.2. The van der Waals surface area contributed by atoms with Gasteiger partial charge in [-0.25, -0.2) is 0 Å². The number of hydrogen-bond donors (Lipinski definition) is 2. The van der Waals surface area contributed by atoms with Crippen LogP contribution in [0.5, 0.6) is 11.5 Å². The average Bonchev–Trinajstić information content (AvgIpc) is 2.65. The minimum absolute atomic E-state index is 0. The predicted molar refractivity (Wildman–Crippen MR) is 113 cm³/mol. The molecule has 3 rings (SSSR count). The van der Waals surface area contributed by atoms with Crippen LogP contribution < -0.4 is 15.4 Å². The van der Waals surface area contributed by atoms with Gasteiger partial charge in [0.1, 0.15) is 11.5 Å². The van der Waals surface area contributed by atoms with Gasteiger partial charge in [-0.15, -0.1) is 24.8 Å². The van der Waals surface area contributed by atoms with Crippen molar-refractivity contribution in [3.63, 3.8) is 0 Å².